The normalized spacial score (nSPS) is 12.5. The first-order chi connectivity index (χ1) is 6.24. The quantitative estimate of drug-likeness (QED) is 0.613. The minimum Gasteiger partial charge on any atom is -0.312 e. The van der Waals surface area contributed by atoms with Crippen LogP contribution in [0, 0.1) is 0 Å². The molecule has 1 unspecified atom stereocenters. The van der Waals surface area contributed by atoms with E-state index in [2.05, 4.69) is 17.2 Å². The Morgan fingerprint density at radius 3 is 2.69 bits per heavy atom. The summed E-state index contributed by atoms with van der Waals surface area (Å²) >= 11 is 6.84. The summed E-state index contributed by atoms with van der Waals surface area (Å²) in [5.41, 5.74) is 0. The molecule has 0 aliphatic carbocycles. The fraction of sp³-hybridized carbons (Fsp3) is 0.333. The summed E-state index contributed by atoms with van der Waals surface area (Å²) in [4.78, 5) is 5.09. The Kier molecular flexibility index (Phi) is 4.35. The van der Waals surface area contributed by atoms with Gasteiger partial charge in [0, 0.05) is 23.3 Å². The second-order valence-corrected chi connectivity index (χ2v) is 4.43. The average molecular weight is 212 g/mol. The van der Waals surface area contributed by atoms with Gasteiger partial charge in [0.15, 0.2) is 0 Å². The van der Waals surface area contributed by atoms with Crippen LogP contribution in [0.1, 0.15) is 6.92 Å². The van der Waals surface area contributed by atoms with Crippen LogP contribution < -0.4 is 5.32 Å². The highest BCUT2D eigenvalue weighted by Crippen LogP contribution is 2.19. The van der Waals surface area contributed by atoms with Gasteiger partial charge in [0.25, 0.3) is 0 Å². The van der Waals surface area contributed by atoms with Crippen LogP contribution in [0.3, 0.4) is 0 Å². The minimum absolute atomic E-state index is 0.258. The maximum Gasteiger partial charge on any atom is 0.0693 e. The molecule has 0 aromatic carbocycles. The van der Waals surface area contributed by atoms with Crippen molar-refractivity contribution in [2.75, 3.05) is 7.05 Å². The van der Waals surface area contributed by atoms with E-state index in [1.165, 1.54) is 0 Å². The first-order valence-corrected chi connectivity index (χ1v) is 5.25. The van der Waals surface area contributed by atoms with Gasteiger partial charge in [0.1, 0.15) is 0 Å². The molecule has 0 bridgehead atoms. The second kappa shape index (κ2) is 5.32. The summed E-state index contributed by atoms with van der Waals surface area (Å²) in [5.74, 6) is 0. The number of hydrogen-bond donors (Lipinski definition) is 1. The van der Waals surface area contributed by atoms with Crippen LogP contribution in [0.15, 0.2) is 29.4 Å². The van der Waals surface area contributed by atoms with Gasteiger partial charge >= 0.3 is 0 Å². The van der Waals surface area contributed by atoms with Crippen LogP contribution >= 0.6 is 24.0 Å². The van der Waals surface area contributed by atoms with E-state index in [1.54, 1.807) is 24.2 Å². The van der Waals surface area contributed by atoms with Gasteiger partial charge in [-0.2, -0.15) is 0 Å². The topological polar surface area (TPSA) is 24.9 Å². The molecule has 0 amide bonds. The zero-order chi connectivity index (χ0) is 9.68. The number of thioether (sulfide) groups is 1. The summed E-state index contributed by atoms with van der Waals surface area (Å²) in [6, 6.07) is 4.17. The molecular formula is C9H12N2S2. The van der Waals surface area contributed by atoms with Gasteiger partial charge in [-0.25, -0.2) is 0 Å². The van der Waals surface area contributed by atoms with Gasteiger partial charge in [-0.1, -0.05) is 24.0 Å². The fourth-order valence-electron chi connectivity index (χ4n) is 0.729. The van der Waals surface area contributed by atoms with Crippen LogP contribution in [-0.4, -0.2) is 22.3 Å². The average Bonchev–Trinajstić information content (AvgIpc) is 2.18. The molecule has 1 N–H and O–H groups in total. The molecule has 1 aromatic heterocycles. The Morgan fingerprint density at radius 1 is 1.54 bits per heavy atom. The van der Waals surface area contributed by atoms with Gasteiger partial charge in [0.2, 0.25) is 0 Å². The summed E-state index contributed by atoms with van der Waals surface area (Å²) in [6.07, 6.45) is 3.55. The lowest BCUT2D eigenvalue weighted by Crippen LogP contribution is -2.27. The van der Waals surface area contributed by atoms with Crippen LogP contribution in [0.5, 0.6) is 0 Å². The number of thiocarbonyl (C=S) groups is 1. The predicted molar refractivity (Wildman–Crippen MR) is 61.2 cm³/mol. The Labute approximate surface area is 88.1 Å². The number of hydrogen-bond acceptors (Lipinski definition) is 4. The van der Waals surface area contributed by atoms with E-state index in [9.17, 15) is 0 Å². The first kappa shape index (κ1) is 10.6. The number of nitrogens with zero attached hydrogens (tertiary/aromatic N) is 1. The lowest BCUT2D eigenvalue weighted by atomic mass is 10.4. The van der Waals surface area contributed by atoms with Crippen molar-refractivity contribution in [3.63, 3.8) is 0 Å². The van der Waals surface area contributed by atoms with Gasteiger partial charge in [-0.15, -0.1) is 0 Å². The Hall–Kier alpha value is -0.450. The van der Waals surface area contributed by atoms with E-state index in [0.29, 0.717) is 0 Å². The SMILES string of the molecule is CNC(C)C(=S)Sc1ccncc1. The maximum atomic E-state index is 5.24. The first-order valence-electron chi connectivity index (χ1n) is 4.03. The van der Waals surface area contributed by atoms with E-state index in [1.807, 2.05) is 19.2 Å². The van der Waals surface area contributed by atoms with Crippen molar-refractivity contribution in [2.45, 2.75) is 17.9 Å². The zero-order valence-electron chi connectivity index (χ0n) is 7.65. The van der Waals surface area contributed by atoms with Crippen LogP contribution in [0.4, 0.5) is 0 Å². The van der Waals surface area contributed by atoms with E-state index in [0.717, 1.165) is 9.09 Å². The summed E-state index contributed by atoms with van der Waals surface area (Å²) in [6.45, 7) is 2.05. The van der Waals surface area contributed by atoms with E-state index in [4.69, 9.17) is 12.2 Å². The molecule has 4 heteroatoms. The maximum absolute atomic E-state index is 5.24. The van der Waals surface area contributed by atoms with Crippen molar-refractivity contribution >= 4 is 28.2 Å². The number of rotatable bonds is 3. The lowest BCUT2D eigenvalue weighted by molar-refractivity contribution is 0.778. The van der Waals surface area contributed by atoms with Gasteiger partial charge in [0.05, 0.1) is 4.20 Å². The van der Waals surface area contributed by atoms with Crippen molar-refractivity contribution in [1.29, 1.82) is 0 Å². The summed E-state index contributed by atoms with van der Waals surface area (Å²) in [7, 11) is 1.91. The van der Waals surface area contributed by atoms with Crippen molar-refractivity contribution in [1.82, 2.24) is 10.3 Å². The molecule has 1 heterocycles. The highest BCUT2D eigenvalue weighted by atomic mass is 32.2. The summed E-state index contributed by atoms with van der Waals surface area (Å²) in [5, 5.41) is 3.11. The Balaban J connectivity index is 2.55. The highest BCUT2D eigenvalue weighted by molar-refractivity contribution is 8.23. The molecule has 2 nitrogen and oxygen atoms in total. The molecule has 13 heavy (non-hydrogen) atoms. The zero-order valence-corrected chi connectivity index (χ0v) is 9.28. The molecule has 0 fully saturated rings. The third-order valence-corrected chi connectivity index (χ3v) is 3.32. The molecule has 1 rings (SSSR count). The van der Waals surface area contributed by atoms with Gasteiger partial charge in [-0.05, 0) is 26.1 Å². The third kappa shape index (κ3) is 3.42. The molecule has 1 atom stereocenters. The molecular weight excluding hydrogens is 200 g/mol. The molecule has 0 saturated carbocycles. The van der Waals surface area contributed by atoms with Crippen molar-refractivity contribution in [3.8, 4) is 0 Å². The fourth-order valence-corrected chi connectivity index (χ4v) is 1.92. The molecule has 0 aliphatic heterocycles. The lowest BCUT2D eigenvalue weighted by Gasteiger charge is -2.10. The van der Waals surface area contributed by atoms with Crippen molar-refractivity contribution in [2.24, 2.45) is 0 Å². The molecule has 0 saturated heterocycles. The van der Waals surface area contributed by atoms with Crippen LogP contribution in [0.2, 0.25) is 0 Å². The highest BCUT2D eigenvalue weighted by Gasteiger charge is 2.06. The number of nitrogens with one attached hydrogen (secondary N) is 1. The van der Waals surface area contributed by atoms with Crippen LogP contribution in [0.25, 0.3) is 0 Å². The smallest absolute Gasteiger partial charge is 0.0693 e. The van der Waals surface area contributed by atoms with Crippen molar-refractivity contribution < 1.29 is 0 Å². The molecule has 0 aliphatic rings. The monoisotopic (exact) mass is 212 g/mol. The second-order valence-electron chi connectivity index (χ2n) is 2.61. The molecule has 0 spiro atoms. The largest absolute Gasteiger partial charge is 0.312 e. The Morgan fingerprint density at radius 2 is 2.15 bits per heavy atom. The van der Waals surface area contributed by atoms with E-state index in [-0.39, 0.29) is 6.04 Å². The summed E-state index contributed by atoms with van der Waals surface area (Å²) < 4.78 is 0.953. The van der Waals surface area contributed by atoms with Crippen molar-refractivity contribution in [3.05, 3.63) is 24.5 Å². The minimum atomic E-state index is 0.258. The van der Waals surface area contributed by atoms with E-state index < -0.39 is 0 Å². The number of pyridine rings is 1. The van der Waals surface area contributed by atoms with Gasteiger partial charge < -0.3 is 5.32 Å². The molecule has 1 aromatic rings. The third-order valence-electron chi connectivity index (χ3n) is 1.65. The molecule has 0 radical (unpaired) electrons. The van der Waals surface area contributed by atoms with Crippen LogP contribution in [-0.2, 0) is 0 Å². The standard InChI is InChI=1S/C9H12N2S2/c1-7(10-2)9(12)13-8-3-5-11-6-4-8/h3-7,10H,1-2H3. The predicted octanol–water partition coefficient (Wildman–Crippen LogP) is 2.11. The van der Waals surface area contributed by atoms with E-state index >= 15 is 0 Å². The molecule has 70 valence electrons. The van der Waals surface area contributed by atoms with Gasteiger partial charge in [-0.3, -0.25) is 4.98 Å². The number of aromatic nitrogens is 1. The Bertz CT molecular complexity index is 274.